The fraction of sp³-hybridized carbons (Fsp3) is 0.368. The standard InChI is InChI=1S/C10H14.C9H12/c1-7-5-6-8(2)10(4)9(7)3;1-7-4-8(2)6-9(3)5-7/h5-6H,1-4H3;4-6H,1-3H3. The first-order valence-electron chi connectivity index (χ1n) is 6.89. The molecule has 0 heterocycles. The molecule has 0 bridgehead atoms. The first-order valence-corrected chi connectivity index (χ1v) is 6.89. The van der Waals surface area contributed by atoms with Crippen molar-refractivity contribution in [2.75, 3.05) is 0 Å². The average Bonchev–Trinajstić information content (AvgIpc) is 2.30. The van der Waals surface area contributed by atoms with Crippen LogP contribution in [0.25, 0.3) is 0 Å². The monoisotopic (exact) mass is 254 g/mol. The first kappa shape index (κ1) is 15.5. The van der Waals surface area contributed by atoms with E-state index in [0.29, 0.717) is 0 Å². The van der Waals surface area contributed by atoms with Crippen molar-refractivity contribution in [3.8, 4) is 0 Å². The molecule has 0 aromatic heterocycles. The Labute approximate surface area is 118 Å². The Hall–Kier alpha value is -1.56. The molecule has 0 radical (unpaired) electrons. The number of aryl methyl sites for hydroxylation is 5. The zero-order chi connectivity index (χ0) is 14.6. The van der Waals surface area contributed by atoms with Crippen LogP contribution >= 0.6 is 0 Å². The minimum Gasteiger partial charge on any atom is -0.0588 e. The molecule has 102 valence electrons. The van der Waals surface area contributed by atoms with E-state index < -0.39 is 0 Å². The molecule has 2 aromatic rings. The van der Waals surface area contributed by atoms with Crippen LogP contribution in [0.2, 0.25) is 0 Å². The summed E-state index contributed by atoms with van der Waals surface area (Å²) in [4.78, 5) is 0. The fourth-order valence-electron chi connectivity index (χ4n) is 2.29. The van der Waals surface area contributed by atoms with Crippen molar-refractivity contribution in [2.24, 2.45) is 0 Å². The molecule has 0 spiro atoms. The first-order chi connectivity index (χ1) is 8.81. The van der Waals surface area contributed by atoms with Crippen molar-refractivity contribution in [3.63, 3.8) is 0 Å². The molecular formula is C19H26. The van der Waals surface area contributed by atoms with Gasteiger partial charge in [0.05, 0.1) is 0 Å². The van der Waals surface area contributed by atoms with Crippen molar-refractivity contribution in [1.82, 2.24) is 0 Å². The Morgan fingerprint density at radius 3 is 1.00 bits per heavy atom. The fourth-order valence-corrected chi connectivity index (χ4v) is 2.29. The summed E-state index contributed by atoms with van der Waals surface area (Å²) in [6.45, 7) is 15.0. The Bertz CT molecular complexity index is 485. The van der Waals surface area contributed by atoms with Crippen LogP contribution in [-0.4, -0.2) is 0 Å². The van der Waals surface area contributed by atoms with Crippen LogP contribution in [0, 0.1) is 48.5 Å². The minimum absolute atomic E-state index is 1.35. The van der Waals surface area contributed by atoms with Gasteiger partial charge in [0, 0.05) is 0 Å². The van der Waals surface area contributed by atoms with Crippen LogP contribution in [0.15, 0.2) is 30.3 Å². The van der Waals surface area contributed by atoms with Gasteiger partial charge < -0.3 is 0 Å². The van der Waals surface area contributed by atoms with Crippen LogP contribution < -0.4 is 0 Å². The number of hydrogen-bond donors (Lipinski definition) is 0. The average molecular weight is 254 g/mol. The van der Waals surface area contributed by atoms with E-state index in [1.54, 1.807) is 0 Å². The maximum Gasteiger partial charge on any atom is -0.0392 e. The highest BCUT2D eigenvalue weighted by Crippen LogP contribution is 2.15. The molecule has 0 saturated heterocycles. The lowest BCUT2D eigenvalue weighted by Gasteiger charge is -2.06. The molecule has 0 atom stereocenters. The summed E-state index contributed by atoms with van der Waals surface area (Å²) in [5, 5.41) is 0. The van der Waals surface area contributed by atoms with Crippen LogP contribution in [0.4, 0.5) is 0 Å². The lowest BCUT2D eigenvalue weighted by Crippen LogP contribution is -1.88. The van der Waals surface area contributed by atoms with Gasteiger partial charge in [-0.25, -0.2) is 0 Å². The molecule has 0 amide bonds. The van der Waals surface area contributed by atoms with Gasteiger partial charge in [0.15, 0.2) is 0 Å². The van der Waals surface area contributed by atoms with Gasteiger partial charge in [0.25, 0.3) is 0 Å². The smallest absolute Gasteiger partial charge is 0.0392 e. The van der Waals surface area contributed by atoms with Crippen LogP contribution in [0.3, 0.4) is 0 Å². The summed E-state index contributed by atoms with van der Waals surface area (Å²) < 4.78 is 0. The Kier molecular flexibility index (Phi) is 5.35. The summed E-state index contributed by atoms with van der Waals surface area (Å²) in [5.74, 6) is 0. The topological polar surface area (TPSA) is 0 Å². The van der Waals surface area contributed by atoms with E-state index in [0.717, 1.165) is 0 Å². The van der Waals surface area contributed by atoms with E-state index in [2.05, 4.69) is 78.8 Å². The molecule has 0 aliphatic carbocycles. The highest BCUT2D eigenvalue weighted by molar-refractivity contribution is 5.37. The predicted molar refractivity (Wildman–Crippen MR) is 86.0 cm³/mol. The highest BCUT2D eigenvalue weighted by atomic mass is 14.0. The molecule has 0 unspecified atom stereocenters. The maximum absolute atomic E-state index is 2.19. The predicted octanol–water partition coefficient (Wildman–Crippen LogP) is 5.53. The second-order valence-electron chi connectivity index (χ2n) is 5.61. The third-order valence-corrected chi connectivity index (χ3v) is 3.69. The van der Waals surface area contributed by atoms with E-state index in [4.69, 9.17) is 0 Å². The highest BCUT2D eigenvalue weighted by Gasteiger charge is 1.97. The quantitative estimate of drug-likeness (QED) is 0.579. The van der Waals surface area contributed by atoms with Crippen molar-refractivity contribution in [2.45, 2.75) is 48.5 Å². The molecule has 0 heteroatoms. The van der Waals surface area contributed by atoms with Gasteiger partial charge in [-0.15, -0.1) is 0 Å². The zero-order valence-electron chi connectivity index (χ0n) is 13.4. The zero-order valence-corrected chi connectivity index (χ0v) is 13.4. The van der Waals surface area contributed by atoms with Gasteiger partial charge in [-0.3, -0.25) is 0 Å². The number of benzene rings is 2. The largest absolute Gasteiger partial charge is 0.0588 e. The normalized spacial score (nSPS) is 9.84. The van der Waals surface area contributed by atoms with E-state index in [1.807, 2.05) is 0 Å². The van der Waals surface area contributed by atoms with Gasteiger partial charge in [-0.1, -0.05) is 47.0 Å². The van der Waals surface area contributed by atoms with Gasteiger partial charge in [-0.2, -0.15) is 0 Å². The molecule has 0 N–H and O–H groups in total. The van der Waals surface area contributed by atoms with Crippen LogP contribution in [-0.2, 0) is 0 Å². The molecule has 0 nitrogen and oxygen atoms in total. The molecule has 0 aliphatic rings. The molecule has 2 aromatic carbocycles. The molecule has 2 rings (SSSR count). The minimum atomic E-state index is 1.35. The van der Waals surface area contributed by atoms with Gasteiger partial charge in [0.2, 0.25) is 0 Å². The SMILES string of the molecule is Cc1cc(C)cc(C)c1.Cc1ccc(C)c(C)c1C. The summed E-state index contributed by atoms with van der Waals surface area (Å²) >= 11 is 0. The molecule has 0 fully saturated rings. The Morgan fingerprint density at radius 2 is 0.737 bits per heavy atom. The summed E-state index contributed by atoms with van der Waals surface area (Å²) in [7, 11) is 0. The van der Waals surface area contributed by atoms with Crippen molar-refractivity contribution < 1.29 is 0 Å². The van der Waals surface area contributed by atoms with E-state index in [-0.39, 0.29) is 0 Å². The van der Waals surface area contributed by atoms with Crippen LogP contribution in [0.5, 0.6) is 0 Å². The molecule has 0 aliphatic heterocycles. The van der Waals surface area contributed by atoms with Crippen molar-refractivity contribution in [1.29, 1.82) is 0 Å². The third kappa shape index (κ3) is 4.55. The number of rotatable bonds is 0. The third-order valence-electron chi connectivity index (χ3n) is 3.69. The Morgan fingerprint density at radius 1 is 0.474 bits per heavy atom. The molecule has 0 saturated carbocycles. The molecule has 19 heavy (non-hydrogen) atoms. The lowest BCUT2D eigenvalue weighted by molar-refractivity contribution is 1.22. The van der Waals surface area contributed by atoms with Gasteiger partial charge >= 0.3 is 0 Å². The second kappa shape index (κ2) is 6.56. The maximum atomic E-state index is 2.19. The van der Waals surface area contributed by atoms with Gasteiger partial charge in [-0.05, 0) is 70.7 Å². The lowest BCUT2D eigenvalue weighted by atomic mass is 10.0. The Balaban J connectivity index is 0.000000191. The van der Waals surface area contributed by atoms with Crippen molar-refractivity contribution in [3.05, 3.63) is 69.3 Å². The second-order valence-corrected chi connectivity index (χ2v) is 5.61. The van der Waals surface area contributed by atoms with E-state index in [1.165, 1.54) is 38.9 Å². The summed E-state index contributed by atoms with van der Waals surface area (Å²) in [6.07, 6.45) is 0. The summed E-state index contributed by atoms with van der Waals surface area (Å²) in [5.41, 5.74) is 9.71. The van der Waals surface area contributed by atoms with Crippen LogP contribution in [0.1, 0.15) is 38.9 Å². The van der Waals surface area contributed by atoms with E-state index >= 15 is 0 Å². The number of hydrogen-bond acceptors (Lipinski definition) is 0. The summed E-state index contributed by atoms with van der Waals surface area (Å²) in [6, 6.07) is 10.9. The van der Waals surface area contributed by atoms with Crippen molar-refractivity contribution >= 4 is 0 Å². The van der Waals surface area contributed by atoms with Gasteiger partial charge in [0.1, 0.15) is 0 Å². The molecular weight excluding hydrogens is 228 g/mol. The van der Waals surface area contributed by atoms with E-state index in [9.17, 15) is 0 Å².